The summed E-state index contributed by atoms with van der Waals surface area (Å²) in [4.78, 5) is 27.5. The van der Waals surface area contributed by atoms with Gasteiger partial charge < -0.3 is 22.1 Å². The molecular formula is C54H38N6O2. The highest BCUT2D eigenvalue weighted by Crippen LogP contribution is 2.44. The quantitative estimate of drug-likeness (QED) is 0.0898. The number of fused-ring (bicyclic) bond motifs is 4. The summed E-state index contributed by atoms with van der Waals surface area (Å²) in [5, 5.41) is 23.3. The minimum atomic E-state index is -0.269. The van der Waals surface area contributed by atoms with Crippen LogP contribution < -0.4 is 22.1 Å². The number of benzene rings is 10. The number of hydrogen-bond acceptors (Lipinski definition) is 6. The molecular weight excluding hydrogens is 765 g/mol. The highest BCUT2D eigenvalue weighted by atomic mass is 16.2. The van der Waals surface area contributed by atoms with Crippen molar-refractivity contribution in [3.05, 3.63) is 205 Å². The lowest BCUT2D eigenvalue weighted by atomic mass is 9.91. The second kappa shape index (κ2) is 15.9. The zero-order valence-corrected chi connectivity index (χ0v) is 33.3. The molecule has 0 aliphatic carbocycles. The van der Waals surface area contributed by atoms with Crippen LogP contribution in [0, 0.1) is 0 Å². The fourth-order valence-corrected chi connectivity index (χ4v) is 8.29. The monoisotopic (exact) mass is 802 g/mol. The Kier molecular flexibility index (Phi) is 9.63. The van der Waals surface area contributed by atoms with Crippen LogP contribution in [0.2, 0.25) is 0 Å². The summed E-state index contributed by atoms with van der Waals surface area (Å²) in [7, 11) is 0. The van der Waals surface area contributed by atoms with E-state index in [1.807, 2.05) is 97.1 Å². The topological polar surface area (TPSA) is 135 Å². The lowest BCUT2D eigenvalue weighted by Crippen LogP contribution is -2.13. The molecule has 10 rings (SSSR count). The van der Waals surface area contributed by atoms with Gasteiger partial charge in [0.1, 0.15) is 0 Å². The first-order valence-electron chi connectivity index (χ1n) is 20.2. The number of nitrogens with one attached hydrogen (secondary N) is 2. The van der Waals surface area contributed by atoms with Gasteiger partial charge in [-0.2, -0.15) is 10.2 Å². The summed E-state index contributed by atoms with van der Waals surface area (Å²) in [6, 6.07) is 62.0. The third-order valence-corrected chi connectivity index (χ3v) is 11.3. The number of hydrogen-bond donors (Lipinski definition) is 4. The van der Waals surface area contributed by atoms with E-state index in [1.165, 1.54) is 0 Å². The van der Waals surface area contributed by atoms with Crippen molar-refractivity contribution in [2.24, 2.45) is 10.2 Å². The summed E-state index contributed by atoms with van der Waals surface area (Å²) in [5.41, 5.74) is 21.4. The predicted octanol–water partition coefficient (Wildman–Crippen LogP) is 13.7. The molecule has 0 bridgehead atoms. The van der Waals surface area contributed by atoms with Crippen LogP contribution in [-0.4, -0.2) is 11.8 Å². The number of rotatable bonds is 8. The summed E-state index contributed by atoms with van der Waals surface area (Å²) in [5.74, 6) is -0.539. The number of azo groups is 1. The average Bonchev–Trinajstić information content (AvgIpc) is 3.31. The van der Waals surface area contributed by atoms with E-state index in [0.717, 1.165) is 65.3 Å². The number of amides is 2. The Morgan fingerprint density at radius 1 is 0.339 bits per heavy atom. The van der Waals surface area contributed by atoms with E-state index in [9.17, 15) is 9.59 Å². The molecule has 62 heavy (non-hydrogen) atoms. The van der Waals surface area contributed by atoms with E-state index in [0.29, 0.717) is 45.3 Å². The number of nitrogen functional groups attached to an aromatic ring is 2. The molecule has 0 radical (unpaired) electrons. The van der Waals surface area contributed by atoms with Crippen molar-refractivity contribution in [3.8, 4) is 22.3 Å². The van der Waals surface area contributed by atoms with Gasteiger partial charge in [0.25, 0.3) is 11.8 Å². The fraction of sp³-hybridized carbons (Fsp3) is 0. The highest BCUT2D eigenvalue weighted by molar-refractivity contribution is 6.18. The summed E-state index contributed by atoms with van der Waals surface area (Å²) in [6.45, 7) is 0. The maximum absolute atomic E-state index is 13.8. The first-order valence-corrected chi connectivity index (χ1v) is 20.2. The third kappa shape index (κ3) is 7.01. The minimum Gasteiger partial charge on any atom is -0.398 e. The SMILES string of the molecule is Nc1ccc2ccccc2c1-c1c(NC(=O)c2ccc(N=Nc3ccc(C(=O)Nc4ccc5ccccc5c4-c4c(N)ccc5ccccc45)cc3)cc2)ccc2ccccc12. The van der Waals surface area contributed by atoms with Crippen LogP contribution in [0.5, 0.6) is 0 Å². The van der Waals surface area contributed by atoms with Crippen molar-refractivity contribution in [3.63, 3.8) is 0 Å². The van der Waals surface area contributed by atoms with Crippen LogP contribution in [0.4, 0.5) is 34.1 Å². The van der Waals surface area contributed by atoms with Crippen LogP contribution >= 0.6 is 0 Å². The van der Waals surface area contributed by atoms with Crippen molar-refractivity contribution >= 4 is 89.0 Å². The fourth-order valence-electron chi connectivity index (χ4n) is 8.29. The van der Waals surface area contributed by atoms with Crippen molar-refractivity contribution < 1.29 is 9.59 Å². The van der Waals surface area contributed by atoms with Gasteiger partial charge in [-0.15, -0.1) is 0 Å². The number of nitrogens with two attached hydrogens (primary N) is 2. The minimum absolute atomic E-state index is 0.269. The molecule has 8 heteroatoms. The van der Waals surface area contributed by atoms with Gasteiger partial charge in [0.15, 0.2) is 0 Å². The Morgan fingerprint density at radius 3 is 1.00 bits per heavy atom. The zero-order chi connectivity index (χ0) is 42.2. The van der Waals surface area contributed by atoms with Gasteiger partial charge in [-0.25, -0.2) is 0 Å². The van der Waals surface area contributed by atoms with E-state index in [2.05, 4.69) is 69.4 Å². The molecule has 0 aliphatic heterocycles. The molecule has 10 aromatic rings. The van der Waals surface area contributed by atoms with Gasteiger partial charge in [0.2, 0.25) is 0 Å². The molecule has 0 heterocycles. The number of nitrogens with zero attached hydrogens (tertiary/aromatic N) is 2. The summed E-state index contributed by atoms with van der Waals surface area (Å²) in [6.07, 6.45) is 0. The number of carbonyl (C=O) groups excluding carboxylic acids is 2. The molecule has 6 N–H and O–H groups in total. The summed E-state index contributed by atoms with van der Waals surface area (Å²) >= 11 is 0. The van der Waals surface area contributed by atoms with Crippen LogP contribution in [0.15, 0.2) is 204 Å². The van der Waals surface area contributed by atoms with Gasteiger partial charge in [-0.3, -0.25) is 9.59 Å². The van der Waals surface area contributed by atoms with Crippen LogP contribution in [0.3, 0.4) is 0 Å². The van der Waals surface area contributed by atoms with Crippen molar-refractivity contribution in [2.45, 2.75) is 0 Å². The van der Waals surface area contributed by atoms with Gasteiger partial charge in [-0.05, 0) is 116 Å². The Hall–Kier alpha value is -8.62. The highest BCUT2D eigenvalue weighted by Gasteiger charge is 2.20. The van der Waals surface area contributed by atoms with Crippen LogP contribution in [-0.2, 0) is 0 Å². The maximum Gasteiger partial charge on any atom is 0.255 e. The third-order valence-electron chi connectivity index (χ3n) is 11.3. The molecule has 0 fully saturated rings. The lowest BCUT2D eigenvalue weighted by Gasteiger charge is -2.18. The van der Waals surface area contributed by atoms with E-state index >= 15 is 0 Å². The van der Waals surface area contributed by atoms with E-state index in [4.69, 9.17) is 11.5 Å². The van der Waals surface area contributed by atoms with E-state index < -0.39 is 0 Å². The lowest BCUT2D eigenvalue weighted by molar-refractivity contribution is 0.101. The molecule has 0 saturated heterocycles. The Morgan fingerprint density at radius 2 is 0.645 bits per heavy atom. The first-order chi connectivity index (χ1) is 30.4. The molecule has 0 spiro atoms. The molecule has 0 aromatic heterocycles. The molecule has 0 atom stereocenters. The maximum atomic E-state index is 13.8. The van der Waals surface area contributed by atoms with Gasteiger partial charge in [0.05, 0.1) is 11.4 Å². The predicted molar refractivity (Wildman–Crippen MR) is 256 cm³/mol. The molecule has 0 unspecified atom stereocenters. The van der Waals surface area contributed by atoms with Crippen molar-refractivity contribution in [2.75, 3.05) is 22.1 Å². The standard InChI is InChI=1S/C54H38N6O2/c55-45-29-21-33-9-1-5-13-41(33)49(45)51-43-15-7-3-11-35(43)23-31-47(51)57-53(61)37-17-25-39(26-18-37)59-60-40-27-19-38(20-28-40)54(62)58-48-32-24-36-12-4-8-16-44(36)52(48)50-42-14-6-2-10-34(42)22-30-46(50)56/h1-32H,55-56H2,(H,57,61)(H,58,62). The second-order valence-corrected chi connectivity index (χ2v) is 15.1. The Labute approximate surface area is 357 Å². The van der Waals surface area contributed by atoms with Crippen LogP contribution in [0.1, 0.15) is 20.7 Å². The Balaban J connectivity index is 0.868. The smallest absolute Gasteiger partial charge is 0.255 e. The van der Waals surface area contributed by atoms with E-state index in [1.54, 1.807) is 48.5 Å². The van der Waals surface area contributed by atoms with E-state index in [-0.39, 0.29) is 11.8 Å². The summed E-state index contributed by atoms with van der Waals surface area (Å²) < 4.78 is 0. The first kappa shape index (κ1) is 37.6. The molecule has 0 aliphatic rings. The Bertz CT molecular complexity index is 3190. The largest absolute Gasteiger partial charge is 0.398 e. The number of anilines is 4. The van der Waals surface area contributed by atoms with Crippen molar-refractivity contribution in [1.82, 2.24) is 0 Å². The second-order valence-electron chi connectivity index (χ2n) is 15.1. The van der Waals surface area contributed by atoms with Crippen LogP contribution in [0.25, 0.3) is 65.3 Å². The molecule has 0 saturated carbocycles. The molecule has 8 nitrogen and oxygen atoms in total. The molecule has 10 aromatic carbocycles. The van der Waals surface area contributed by atoms with Gasteiger partial charge in [-0.1, -0.05) is 121 Å². The normalized spacial score (nSPS) is 11.4. The molecule has 2 amide bonds. The van der Waals surface area contributed by atoms with Gasteiger partial charge >= 0.3 is 0 Å². The average molecular weight is 803 g/mol. The number of carbonyl (C=O) groups is 2. The molecule has 296 valence electrons. The van der Waals surface area contributed by atoms with Crippen molar-refractivity contribution in [1.29, 1.82) is 0 Å². The van der Waals surface area contributed by atoms with Gasteiger partial charge in [0, 0.05) is 56.1 Å². The zero-order valence-electron chi connectivity index (χ0n) is 33.3.